The Kier molecular flexibility index (Phi) is 4.23. The third-order valence-electron chi connectivity index (χ3n) is 2.36. The molecule has 0 radical (unpaired) electrons. The van der Waals surface area contributed by atoms with Crippen LogP contribution in [0.1, 0.15) is 18.9 Å². The Bertz CT molecular complexity index is 404. The SMILES string of the molecule is CCOC(=O)C(N)(CC(=O)O)c1ccccc1. The van der Waals surface area contributed by atoms with Crippen LogP contribution in [0.4, 0.5) is 0 Å². The molecule has 0 amide bonds. The number of carbonyl (C=O) groups excluding carboxylic acids is 1. The lowest BCUT2D eigenvalue weighted by Crippen LogP contribution is -2.47. The van der Waals surface area contributed by atoms with Gasteiger partial charge in [0, 0.05) is 0 Å². The molecule has 3 N–H and O–H groups in total. The minimum atomic E-state index is -1.64. The van der Waals surface area contributed by atoms with Crippen molar-refractivity contribution in [1.29, 1.82) is 0 Å². The number of carbonyl (C=O) groups is 2. The van der Waals surface area contributed by atoms with E-state index in [-0.39, 0.29) is 6.61 Å². The van der Waals surface area contributed by atoms with Gasteiger partial charge >= 0.3 is 11.9 Å². The van der Waals surface area contributed by atoms with Crippen molar-refractivity contribution in [3.05, 3.63) is 35.9 Å². The Hall–Kier alpha value is -1.88. The molecule has 1 aromatic rings. The zero-order chi connectivity index (χ0) is 12.9. The maximum atomic E-state index is 11.8. The minimum Gasteiger partial charge on any atom is -0.481 e. The van der Waals surface area contributed by atoms with Crippen molar-refractivity contribution in [1.82, 2.24) is 0 Å². The molecule has 1 aromatic carbocycles. The van der Waals surface area contributed by atoms with Gasteiger partial charge in [-0.1, -0.05) is 30.3 Å². The lowest BCUT2D eigenvalue weighted by atomic mass is 9.88. The first-order chi connectivity index (χ1) is 8.00. The molecule has 0 aliphatic rings. The Morgan fingerprint density at radius 1 is 1.35 bits per heavy atom. The molecule has 0 spiro atoms. The highest BCUT2D eigenvalue weighted by Gasteiger charge is 2.39. The second-order valence-electron chi connectivity index (χ2n) is 3.63. The van der Waals surface area contributed by atoms with E-state index in [9.17, 15) is 9.59 Å². The van der Waals surface area contributed by atoms with E-state index in [1.807, 2.05) is 0 Å². The number of aliphatic carboxylic acids is 1. The van der Waals surface area contributed by atoms with Crippen LogP contribution in [0.15, 0.2) is 30.3 Å². The highest BCUT2D eigenvalue weighted by Crippen LogP contribution is 2.23. The number of hydrogen-bond acceptors (Lipinski definition) is 4. The topological polar surface area (TPSA) is 89.6 Å². The predicted octanol–water partition coefficient (Wildman–Crippen LogP) is 0.878. The second kappa shape index (κ2) is 5.45. The summed E-state index contributed by atoms with van der Waals surface area (Å²) in [6.07, 6.45) is -0.504. The van der Waals surface area contributed by atoms with E-state index in [1.165, 1.54) is 0 Å². The normalized spacial score (nSPS) is 13.8. The second-order valence-corrected chi connectivity index (χ2v) is 3.63. The van der Waals surface area contributed by atoms with Crippen molar-refractivity contribution in [3.63, 3.8) is 0 Å². The Labute approximate surface area is 99.2 Å². The van der Waals surface area contributed by atoms with E-state index >= 15 is 0 Å². The van der Waals surface area contributed by atoms with Crippen LogP contribution in [0.25, 0.3) is 0 Å². The van der Waals surface area contributed by atoms with Gasteiger partial charge in [0.25, 0.3) is 0 Å². The third kappa shape index (κ3) is 3.04. The maximum Gasteiger partial charge on any atom is 0.331 e. The molecule has 0 heterocycles. The molecule has 0 aliphatic carbocycles. The van der Waals surface area contributed by atoms with Gasteiger partial charge in [0.1, 0.15) is 0 Å². The average Bonchev–Trinajstić information content (AvgIpc) is 2.29. The molecule has 5 nitrogen and oxygen atoms in total. The van der Waals surface area contributed by atoms with Gasteiger partial charge in [-0.2, -0.15) is 0 Å². The van der Waals surface area contributed by atoms with E-state index in [0.717, 1.165) is 0 Å². The molecule has 0 saturated heterocycles. The molecule has 0 bridgehead atoms. The van der Waals surface area contributed by atoms with Gasteiger partial charge in [-0.15, -0.1) is 0 Å². The summed E-state index contributed by atoms with van der Waals surface area (Å²) >= 11 is 0. The third-order valence-corrected chi connectivity index (χ3v) is 2.36. The van der Waals surface area contributed by atoms with E-state index in [2.05, 4.69) is 0 Å². The van der Waals surface area contributed by atoms with Crippen LogP contribution in [-0.4, -0.2) is 23.7 Å². The quantitative estimate of drug-likeness (QED) is 0.742. The zero-order valence-electron chi connectivity index (χ0n) is 9.55. The number of esters is 1. The van der Waals surface area contributed by atoms with Crippen LogP contribution in [0.2, 0.25) is 0 Å². The van der Waals surface area contributed by atoms with Crippen molar-refractivity contribution in [2.24, 2.45) is 5.73 Å². The first-order valence-electron chi connectivity index (χ1n) is 5.24. The number of hydrogen-bond donors (Lipinski definition) is 2. The molecule has 0 fully saturated rings. The number of carboxylic acid groups (broad SMARTS) is 1. The fourth-order valence-electron chi connectivity index (χ4n) is 1.53. The molecular weight excluding hydrogens is 222 g/mol. The molecule has 1 unspecified atom stereocenters. The highest BCUT2D eigenvalue weighted by molar-refractivity contribution is 5.87. The zero-order valence-corrected chi connectivity index (χ0v) is 9.55. The lowest BCUT2D eigenvalue weighted by molar-refractivity contribution is -0.155. The van der Waals surface area contributed by atoms with Crippen molar-refractivity contribution in [2.75, 3.05) is 6.61 Å². The van der Waals surface area contributed by atoms with Crippen LogP contribution in [0, 0.1) is 0 Å². The van der Waals surface area contributed by atoms with E-state index in [1.54, 1.807) is 37.3 Å². The summed E-state index contributed by atoms with van der Waals surface area (Å²) in [4.78, 5) is 22.6. The average molecular weight is 237 g/mol. The summed E-state index contributed by atoms with van der Waals surface area (Å²) in [5, 5.41) is 8.84. The molecule has 1 atom stereocenters. The fourth-order valence-corrected chi connectivity index (χ4v) is 1.53. The van der Waals surface area contributed by atoms with Gasteiger partial charge in [-0.05, 0) is 12.5 Å². The Morgan fingerprint density at radius 3 is 2.41 bits per heavy atom. The molecule has 17 heavy (non-hydrogen) atoms. The number of carboxylic acids is 1. The van der Waals surface area contributed by atoms with E-state index < -0.39 is 23.9 Å². The van der Waals surface area contributed by atoms with Gasteiger partial charge in [0.2, 0.25) is 0 Å². The first-order valence-corrected chi connectivity index (χ1v) is 5.24. The molecular formula is C12H15NO4. The fraction of sp³-hybridized carbons (Fsp3) is 0.333. The van der Waals surface area contributed by atoms with Gasteiger partial charge in [0.05, 0.1) is 13.0 Å². The van der Waals surface area contributed by atoms with Crippen LogP contribution in [0.3, 0.4) is 0 Å². The molecule has 0 saturated carbocycles. The Morgan fingerprint density at radius 2 is 1.94 bits per heavy atom. The lowest BCUT2D eigenvalue weighted by Gasteiger charge is -2.25. The summed E-state index contributed by atoms with van der Waals surface area (Å²) in [6.45, 7) is 1.80. The summed E-state index contributed by atoms with van der Waals surface area (Å²) in [5.74, 6) is -1.88. The molecule has 0 aromatic heterocycles. The summed E-state index contributed by atoms with van der Waals surface area (Å²) < 4.78 is 4.84. The van der Waals surface area contributed by atoms with Gasteiger partial charge in [-0.3, -0.25) is 4.79 Å². The molecule has 0 aliphatic heterocycles. The van der Waals surface area contributed by atoms with Crippen LogP contribution in [0.5, 0.6) is 0 Å². The highest BCUT2D eigenvalue weighted by atomic mass is 16.5. The maximum absolute atomic E-state index is 11.8. The smallest absolute Gasteiger partial charge is 0.331 e. The predicted molar refractivity (Wildman–Crippen MR) is 61.2 cm³/mol. The van der Waals surface area contributed by atoms with Crippen molar-refractivity contribution >= 4 is 11.9 Å². The summed E-state index contributed by atoms with van der Waals surface area (Å²) in [5.41, 5.74) is 4.69. The largest absolute Gasteiger partial charge is 0.481 e. The number of nitrogens with two attached hydrogens (primary N) is 1. The monoisotopic (exact) mass is 237 g/mol. The molecule has 1 rings (SSSR count). The minimum absolute atomic E-state index is 0.157. The molecule has 92 valence electrons. The van der Waals surface area contributed by atoms with Gasteiger partial charge < -0.3 is 15.6 Å². The van der Waals surface area contributed by atoms with Crippen molar-refractivity contribution in [3.8, 4) is 0 Å². The summed E-state index contributed by atoms with van der Waals surface area (Å²) in [6, 6.07) is 8.37. The van der Waals surface area contributed by atoms with Crippen LogP contribution < -0.4 is 5.73 Å². The number of benzene rings is 1. The first kappa shape index (κ1) is 13.2. The van der Waals surface area contributed by atoms with Crippen molar-refractivity contribution in [2.45, 2.75) is 18.9 Å². The van der Waals surface area contributed by atoms with Crippen LogP contribution in [-0.2, 0) is 19.9 Å². The number of ether oxygens (including phenoxy) is 1. The van der Waals surface area contributed by atoms with Gasteiger partial charge in [-0.25, -0.2) is 4.79 Å². The Balaban J connectivity index is 3.10. The summed E-state index contributed by atoms with van der Waals surface area (Å²) in [7, 11) is 0. The number of rotatable bonds is 5. The van der Waals surface area contributed by atoms with Crippen molar-refractivity contribution < 1.29 is 19.4 Å². The standard InChI is InChI=1S/C12H15NO4/c1-2-17-11(16)12(13,8-10(14)15)9-6-4-3-5-7-9/h3-7H,2,8,13H2,1H3,(H,14,15). The molecule has 5 heteroatoms. The van der Waals surface area contributed by atoms with Crippen LogP contribution >= 0.6 is 0 Å². The van der Waals surface area contributed by atoms with E-state index in [4.69, 9.17) is 15.6 Å². The van der Waals surface area contributed by atoms with Gasteiger partial charge in [0.15, 0.2) is 5.54 Å². The van der Waals surface area contributed by atoms with E-state index in [0.29, 0.717) is 5.56 Å².